The second kappa shape index (κ2) is 6.93. The number of nitrogens with one attached hydrogen (secondary N) is 2. The summed E-state index contributed by atoms with van der Waals surface area (Å²) in [5.74, 6) is 0. The number of carbonyl (C=O) groups is 1. The molecule has 0 aliphatic carbocycles. The van der Waals surface area contributed by atoms with Crippen LogP contribution in [0.5, 0.6) is 0 Å². The van der Waals surface area contributed by atoms with Crippen molar-refractivity contribution in [1.29, 1.82) is 0 Å². The maximum absolute atomic E-state index is 11.2. The van der Waals surface area contributed by atoms with Crippen molar-refractivity contribution in [3.63, 3.8) is 0 Å². The molecule has 1 aromatic rings. The number of aromatic nitrogens is 2. The molecule has 96 valence electrons. The van der Waals surface area contributed by atoms with Crippen LogP contribution in [0, 0.1) is 13.8 Å². The molecule has 0 saturated heterocycles. The third kappa shape index (κ3) is 4.89. The van der Waals surface area contributed by atoms with E-state index in [-0.39, 0.29) is 6.03 Å². The quantitative estimate of drug-likeness (QED) is 0.740. The Morgan fingerprint density at radius 2 is 2.06 bits per heavy atom. The van der Waals surface area contributed by atoms with Crippen molar-refractivity contribution in [2.45, 2.75) is 40.2 Å². The van der Waals surface area contributed by atoms with Gasteiger partial charge in [-0.15, -0.1) is 0 Å². The lowest BCUT2D eigenvalue weighted by molar-refractivity contribution is 0.240. The van der Waals surface area contributed by atoms with Crippen LogP contribution in [0.1, 0.15) is 31.2 Å². The summed E-state index contributed by atoms with van der Waals surface area (Å²) in [5.41, 5.74) is 2.20. The molecule has 0 saturated carbocycles. The predicted octanol–water partition coefficient (Wildman–Crippen LogP) is 1.60. The average Bonchev–Trinajstić information content (AvgIpc) is 2.60. The fraction of sp³-hybridized carbons (Fsp3) is 0.667. The van der Waals surface area contributed by atoms with E-state index in [1.807, 2.05) is 25.5 Å². The van der Waals surface area contributed by atoms with Crippen LogP contribution in [-0.2, 0) is 6.54 Å². The van der Waals surface area contributed by atoms with E-state index in [4.69, 9.17) is 0 Å². The smallest absolute Gasteiger partial charge is 0.314 e. The van der Waals surface area contributed by atoms with Crippen molar-refractivity contribution >= 4 is 6.03 Å². The second-order valence-corrected chi connectivity index (χ2v) is 4.19. The van der Waals surface area contributed by atoms with Gasteiger partial charge in [0.2, 0.25) is 0 Å². The van der Waals surface area contributed by atoms with Gasteiger partial charge in [0.15, 0.2) is 0 Å². The molecule has 2 amide bonds. The zero-order chi connectivity index (χ0) is 12.7. The summed E-state index contributed by atoms with van der Waals surface area (Å²) in [6.45, 7) is 8.30. The Morgan fingerprint density at radius 1 is 1.35 bits per heavy atom. The standard InChI is InChI=1S/C12H22N4O/c1-4-6-13-12(17)14-7-5-8-16-11(3)9-10(2)15-16/h9H,4-8H2,1-3H3,(H2,13,14,17). The van der Waals surface area contributed by atoms with E-state index in [1.165, 1.54) is 0 Å². The molecule has 5 heteroatoms. The Kier molecular flexibility index (Phi) is 5.52. The molecule has 0 spiro atoms. The topological polar surface area (TPSA) is 59.0 Å². The van der Waals surface area contributed by atoms with Gasteiger partial charge in [-0.25, -0.2) is 4.79 Å². The molecule has 2 N–H and O–H groups in total. The highest BCUT2D eigenvalue weighted by Crippen LogP contribution is 2.01. The maximum atomic E-state index is 11.2. The van der Waals surface area contributed by atoms with Crippen LogP contribution in [0.3, 0.4) is 0 Å². The van der Waals surface area contributed by atoms with Crippen LogP contribution in [0.25, 0.3) is 0 Å². The minimum Gasteiger partial charge on any atom is -0.338 e. The van der Waals surface area contributed by atoms with Gasteiger partial charge in [-0.1, -0.05) is 6.92 Å². The Labute approximate surface area is 103 Å². The van der Waals surface area contributed by atoms with Gasteiger partial charge in [0.1, 0.15) is 0 Å². The minimum atomic E-state index is -0.0831. The van der Waals surface area contributed by atoms with E-state index in [0.717, 1.165) is 37.3 Å². The molecule has 0 aromatic carbocycles. The molecule has 0 radical (unpaired) electrons. The SMILES string of the molecule is CCCNC(=O)NCCCn1nc(C)cc1C. The summed E-state index contributed by atoms with van der Waals surface area (Å²) in [7, 11) is 0. The minimum absolute atomic E-state index is 0.0831. The second-order valence-electron chi connectivity index (χ2n) is 4.19. The first kappa shape index (κ1) is 13.5. The van der Waals surface area contributed by atoms with Gasteiger partial charge in [-0.2, -0.15) is 5.10 Å². The van der Waals surface area contributed by atoms with E-state index < -0.39 is 0 Å². The van der Waals surface area contributed by atoms with E-state index >= 15 is 0 Å². The molecule has 0 bridgehead atoms. The van der Waals surface area contributed by atoms with Crippen LogP contribution in [-0.4, -0.2) is 28.9 Å². The summed E-state index contributed by atoms with van der Waals surface area (Å²) in [5, 5.41) is 9.96. The first-order valence-electron chi connectivity index (χ1n) is 6.16. The van der Waals surface area contributed by atoms with Crippen molar-refractivity contribution in [2.24, 2.45) is 0 Å². The van der Waals surface area contributed by atoms with Gasteiger partial charge in [0.25, 0.3) is 0 Å². The molecule has 0 aliphatic rings. The van der Waals surface area contributed by atoms with Gasteiger partial charge in [-0.05, 0) is 32.8 Å². The number of carbonyl (C=O) groups excluding carboxylic acids is 1. The third-order valence-corrected chi connectivity index (χ3v) is 2.47. The van der Waals surface area contributed by atoms with Crippen molar-refractivity contribution in [3.05, 3.63) is 17.5 Å². The first-order valence-corrected chi connectivity index (χ1v) is 6.16. The molecule has 5 nitrogen and oxygen atoms in total. The lowest BCUT2D eigenvalue weighted by Crippen LogP contribution is -2.36. The van der Waals surface area contributed by atoms with Gasteiger partial charge >= 0.3 is 6.03 Å². The highest BCUT2D eigenvalue weighted by molar-refractivity contribution is 5.73. The molecule has 1 rings (SSSR count). The van der Waals surface area contributed by atoms with Gasteiger partial charge in [0.05, 0.1) is 5.69 Å². The normalized spacial score (nSPS) is 10.3. The highest BCUT2D eigenvalue weighted by atomic mass is 16.2. The molecule has 0 unspecified atom stereocenters. The van der Waals surface area contributed by atoms with Crippen molar-refractivity contribution in [1.82, 2.24) is 20.4 Å². The zero-order valence-electron chi connectivity index (χ0n) is 10.9. The molecule has 1 heterocycles. The molecule has 17 heavy (non-hydrogen) atoms. The first-order chi connectivity index (χ1) is 8.13. The van der Waals surface area contributed by atoms with E-state index in [0.29, 0.717) is 6.54 Å². The van der Waals surface area contributed by atoms with Crippen LogP contribution in [0.2, 0.25) is 0 Å². The fourth-order valence-corrected chi connectivity index (χ4v) is 1.63. The summed E-state index contributed by atoms with van der Waals surface area (Å²) < 4.78 is 1.97. The lowest BCUT2D eigenvalue weighted by Gasteiger charge is -2.07. The van der Waals surface area contributed by atoms with Crippen molar-refractivity contribution in [3.8, 4) is 0 Å². The predicted molar refractivity (Wildman–Crippen MR) is 68.0 cm³/mol. The highest BCUT2D eigenvalue weighted by Gasteiger charge is 2.01. The lowest BCUT2D eigenvalue weighted by atomic mass is 10.4. The summed E-state index contributed by atoms with van der Waals surface area (Å²) in [4.78, 5) is 11.2. The number of hydrogen-bond acceptors (Lipinski definition) is 2. The number of amides is 2. The van der Waals surface area contributed by atoms with Crippen LogP contribution in [0.4, 0.5) is 4.79 Å². The average molecular weight is 238 g/mol. The van der Waals surface area contributed by atoms with Crippen LogP contribution >= 0.6 is 0 Å². The number of rotatable bonds is 6. The number of nitrogens with zero attached hydrogens (tertiary/aromatic N) is 2. The Morgan fingerprint density at radius 3 is 2.65 bits per heavy atom. The maximum Gasteiger partial charge on any atom is 0.314 e. The van der Waals surface area contributed by atoms with Gasteiger partial charge in [-0.3, -0.25) is 4.68 Å². The van der Waals surface area contributed by atoms with Crippen molar-refractivity contribution < 1.29 is 4.79 Å². The zero-order valence-corrected chi connectivity index (χ0v) is 10.9. The Hall–Kier alpha value is -1.52. The largest absolute Gasteiger partial charge is 0.338 e. The van der Waals surface area contributed by atoms with Crippen LogP contribution in [0.15, 0.2) is 6.07 Å². The van der Waals surface area contributed by atoms with E-state index in [2.05, 4.69) is 21.8 Å². The molecule has 0 fully saturated rings. The Bertz CT molecular complexity index is 359. The molecule has 1 aromatic heterocycles. The summed E-state index contributed by atoms with van der Waals surface area (Å²) in [6.07, 6.45) is 1.85. The van der Waals surface area contributed by atoms with Gasteiger partial charge in [0, 0.05) is 25.3 Å². The number of aryl methyl sites for hydroxylation is 3. The third-order valence-electron chi connectivity index (χ3n) is 2.47. The van der Waals surface area contributed by atoms with Crippen molar-refractivity contribution in [2.75, 3.05) is 13.1 Å². The monoisotopic (exact) mass is 238 g/mol. The number of urea groups is 1. The fourth-order valence-electron chi connectivity index (χ4n) is 1.63. The Balaban J connectivity index is 2.16. The summed E-state index contributed by atoms with van der Waals surface area (Å²) in [6, 6.07) is 1.97. The molecule has 0 atom stereocenters. The molecular formula is C12H22N4O. The van der Waals surface area contributed by atoms with E-state index in [1.54, 1.807) is 0 Å². The van der Waals surface area contributed by atoms with Gasteiger partial charge < -0.3 is 10.6 Å². The van der Waals surface area contributed by atoms with E-state index in [9.17, 15) is 4.79 Å². The van der Waals surface area contributed by atoms with Crippen LogP contribution < -0.4 is 10.6 Å². The number of hydrogen-bond donors (Lipinski definition) is 2. The molecular weight excluding hydrogens is 216 g/mol. The summed E-state index contributed by atoms with van der Waals surface area (Å²) >= 11 is 0. The molecule has 0 aliphatic heterocycles.